The van der Waals surface area contributed by atoms with Gasteiger partial charge < -0.3 is 10.3 Å². The Morgan fingerprint density at radius 1 is 1.26 bits per heavy atom. The van der Waals surface area contributed by atoms with Crippen molar-refractivity contribution in [3.8, 4) is 6.07 Å². The van der Waals surface area contributed by atoms with Crippen LogP contribution in [-0.4, -0.2) is 14.3 Å². The third-order valence-electron chi connectivity index (χ3n) is 3.12. The molecule has 2 N–H and O–H groups in total. The minimum absolute atomic E-state index is 0.677. The van der Waals surface area contributed by atoms with E-state index in [1.165, 1.54) is 0 Å². The maximum atomic E-state index is 8.88. The lowest BCUT2D eigenvalue weighted by Gasteiger charge is -2.05. The van der Waals surface area contributed by atoms with Gasteiger partial charge in [-0.1, -0.05) is 0 Å². The SMILES string of the molecule is N#Cc1ccc2c(ccn2CCn2cc(N)cn2)c1. The van der Waals surface area contributed by atoms with Gasteiger partial charge in [-0.05, 0) is 24.3 Å². The number of nitrogens with two attached hydrogens (primary N) is 1. The number of benzene rings is 1. The molecule has 2 heterocycles. The summed E-state index contributed by atoms with van der Waals surface area (Å²) in [6, 6.07) is 9.89. The Labute approximate surface area is 110 Å². The largest absolute Gasteiger partial charge is 0.396 e. The summed E-state index contributed by atoms with van der Waals surface area (Å²) in [6.45, 7) is 1.58. The van der Waals surface area contributed by atoms with E-state index >= 15 is 0 Å². The summed E-state index contributed by atoms with van der Waals surface area (Å²) < 4.78 is 3.97. The second-order valence-electron chi connectivity index (χ2n) is 4.43. The molecule has 0 atom stereocenters. The predicted molar refractivity (Wildman–Crippen MR) is 73.3 cm³/mol. The van der Waals surface area contributed by atoms with Crippen LogP contribution in [0.1, 0.15) is 5.56 Å². The Bertz CT molecular complexity index is 760. The number of aromatic nitrogens is 3. The summed E-state index contributed by atoms with van der Waals surface area (Å²) in [4.78, 5) is 0. The van der Waals surface area contributed by atoms with Crippen LogP contribution < -0.4 is 5.73 Å². The molecule has 0 radical (unpaired) electrons. The van der Waals surface area contributed by atoms with Crippen molar-refractivity contribution in [1.29, 1.82) is 5.26 Å². The molecule has 0 amide bonds. The van der Waals surface area contributed by atoms with Crippen LogP contribution >= 0.6 is 0 Å². The summed E-state index contributed by atoms with van der Waals surface area (Å²) in [5.41, 5.74) is 8.12. The molecule has 5 heteroatoms. The number of rotatable bonds is 3. The average molecular weight is 251 g/mol. The van der Waals surface area contributed by atoms with Crippen LogP contribution in [0.2, 0.25) is 0 Å². The van der Waals surface area contributed by atoms with Crippen LogP contribution in [-0.2, 0) is 13.1 Å². The van der Waals surface area contributed by atoms with E-state index in [2.05, 4.69) is 15.7 Å². The van der Waals surface area contributed by atoms with Gasteiger partial charge in [0.25, 0.3) is 0 Å². The van der Waals surface area contributed by atoms with Crippen molar-refractivity contribution in [3.05, 3.63) is 48.4 Å². The second-order valence-corrected chi connectivity index (χ2v) is 4.43. The molecule has 0 spiro atoms. The molecule has 94 valence electrons. The molecule has 0 aliphatic rings. The van der Waals surface area contributed by atoms with E-state index in [-0.39, 0.29) is 0 Å². The third kappa shape index (κ3) is 2.16. The molecule has 0 aliphatic heterocycles. The molecule has 0 bridgehead atoms. The van der Waals surface area contributed by atoms with Crippen LogP contribution in [0.25, 0.3) is 10.9 Å². The summed E-state index contributed by atoms with van der Waals surface area (Å²) >= 11 is 0. The van der Waals surface area contributed by atoms with Gasteiger partial charge in [-0.15, -0.1) is 0 Å². The first kappa shape index (κ1) is 11.4. The van der Waals surface area contributed by atoms with Crippen molar-refractivity contribution in [3.63, 3.8) is 0 Å². The molecule has 0 aliphatic carbocycles. The zero-order chi connectivity index (χ0) is 13.2. The van der Waals surface area contributed by atoms with Crippen molar-refractivity contribution < 1.29 is 0 Å². The highest BCUT2D eigenvalue weighted by atomic mass is 15.3. The first-order valence-corrected chi connectivity index (χ1v) is 6.03. The van der Waals surface area contributed by atoms with Crippen LogP contribution in [0.5, 0.6) is 0 Å². The lowest BCUT2D eigenvalue weighted by atomic mass is 10.2. The van der Waals surface area contributed by atoms with E-state index in [0.717, 1.165) is 24.0 Å². The van der Waals surface area contributed by atoms with Crippen LogP contribution in [0.15, 0.2) is 42.9 Å². The minimum atomic E-state index is 0.677. The number of nitrogens with zero attached hydrogens (tertiary/aromatic N) is 4. The summed E-state index contributed by atoms with van der Waals surface area (Å²) in [7, 11) is 0. The van der Waals surface area contributed by atoms with Crippen LogP contribution in [0.3, 0.4) is 0 Å². The van der Waals surface area contributed by atoms with E-state index in [1.807, 2.05) is 41.3 Å². The van der Waals surface area contributed by atoms with Gasteiger partial charge in [-0.2, -0.15) is 10.4 Å². The van der Waals surface area contributed by atoms with Gasteiger partial charge >= 0.3 is 0 Å². The van der Waals surface area contributed by atoms with E-state index in [9.17, 15) is 0 Å². The second kappa shape index (κ2) is 4.50. The topological polar surface area (TPSA) is 72.6 Å². The molecule has 3 rings (SSSR count). The van der Waals surface area contributed by atoms with E-state index < -0.39 is 0 Å². The number of hydrogen-bond donors (Lipinski definition) is 1. The standard InChI is InChI=1S/C14H13N5/c15-8-11-1-2-14-12(7-11)3-4-18(14)5-6-19-10-13(16)9-17-19/h1-4,7,9-10H,5-6,16H2. The highest BCUT2D eigenvalue weighted by Crippen LogP contribution is 2.17. The maximum Gasteiger partial charge on any atom is 0.0991 e. The van der Waals surface area contributed by atoms with Crippen molar-refractivity contribution in [2.24, 2.45) is 0 Å². The van der Waals surface area contributed by atoms with E-state index in [1.54, 1.807) is 6.20 Å². The summed E-state index contributed by atoms with van der Waals surface area (Å²) in [5, 5.41) is 14.1. The lowest BCUT2D eigenvalue weighted by molar-refractivity contribution is 0.543. The summed E-state index contributed by atoms with van der Waals surface area (Å²) in [5.74, 6) is 0. The number of nitrogen functional groups attached to an aromatic ring is 1. The third-order valence-corrected chi connectivity index (χ3v) is 3.12. The highest BCUT2D eigenvalue weighted by molar-refractivity contribution is 5.81. The molecule has 5 nitrogen and oxygen atoms in total. The average Bonchev–Trinajstić information content (AvgIpc) is 3.02. The molecule has 3 aromatic rings. The lowest BCUT2D eigenvalue weighted by Crippen LogP contribution is -2.06. The number of fused-ring (bicyclic) bond motifs is 1. The van der Waals surface area contributed by atoms with Gasteiger partial charge in [0, 0.05) is 29.8 Å². The number of nitriles is 1. The molecule has 2 aromatic heterocycles. The molecule has 19 heavy (non-hydrogen) atoms. The van der Waals surface area contributed by atoms with Gasteiger partial charge in [0.1, 0.15) is 0 Å². The molecular weight excluding hydrogens is 238 g/mol. The van der Waals surface area contributed by atoms with Crippen molar-refractivity contribution >= 4 is 16.6 Å². The molecule has 1 aromatic carbocycles. The van der Waals surface area contributed by atoms with Gasteiger partial charge in [-0.25, -0.2) is 0 Å². The number of anilines is 1. The van der Waals surface area contributed by atoms with Gasteiger partial charge in [0.2, 0.25) is 0 Å². The Hall–Kier alpha value is -2.74. The van der Waals surface area contributed by atoms with Gasteiger partial charge in [-0.3, -0.25) is 4.68 Å². The Balaban J connectivity index is 1.83. The fourth-order valence-electron chi connectivity index (χ4n) is 2.18. The van der Waals surface area contributed by atoms with Gasteiger partial charge in [0.05, 0.1) is 30.1 Å². The molecule has 0 fully saturated rings. The van der Waals surface area contributed by atoms with Crippen LogP contribution in [0, 0.1) is 11.3 Å². The molecule has 0 unspecified atom stereocenters. The molecule has 0 saturated carbocycles. The smallest absolute Gasteiger partial charge is 0.0991 e. The Morgan fingerprint density at radius 2 is 2.16 bits per heavy atom. The Morgan fingerprint density at radius 3 is 2.89 bits per heavy atom. The zero-order valence-corrected chi connectivity index (χ0v) is 10.3. The van der Waals surface area contributed by atoms with E-state index in [4.69, 9.17) is 11.0 Å². The quantitative estimate of drug-likeness (QED) is 0.773. The first-order chi connectivity index (χ1) is 9.26. The summed E-state index contributed by atoms with van der Waals surface area (Å²) in [6.07, 6.45) is 5.49. The van der Waals surface area contributed by atoms with Crippen molar-refractivity contribution in [2.45, 2.75) is 13.1 Å². The zero-order valence-electron chi connectivity index (χ0n) is 10.3. The first-order valence-electron chi connectivity index (χ1n) is 6.03. The predicted octanol–water partition coefficient (Wildman–Crippen LogP) is 1.99. The normalized spacial score (nSPS) is 10.7. The van der Waals surface area contributed by atoms with Crippen molar-refractivity contribution in [1.82, 2.24) is 14.3 Å². The highest BCUT2D eigenvalue weighted by Gasteiger charge is 2.02. The minimum Gasteiger partial charge on any atom is -0.396 e. The van der Waals surface area contributed by atoms with Crippen LogP contribution in [0.4, 0.5) is 5.69 Å². The van der Waals surface area contributed by atoms with E-state index in [0.29, 0.717) is 11.3 Å². The maximum absolute atomic E-state index is 8.88. The Kier molecular flexibility index (Phi) is 2.69. The molecule has 0 saturated heterocycles. The van der Waals surface area contributed by atoms with Gasteiger partial charge in [0.15, 0.2) is 0 Å². The number of aryl methyl sites for hydroxylation is 2. The number of hydrogen-bond acceptors (Lipinski definition) is 3. The fourth-order valence-corrected chi connectivity index (χ4v) is 2.18. The monoisotopic (exact) mass is 251 g/mol. The molecular formula is C14H13N5. The van der Waals surface area contributed by atoms with Crippen molar-refractivity contribution in [2.75, 3.05) is 5.73 Å². The fraction of sp³-hybridized carbons (Fsp3) is 0.143.